The van der Waals surface area contributed by atoms with Crippen molar-refractivity contribution in [2.45, 2.75) is 33.5 Å². The maximum Gasteiger partial charge on any atom is 0.0280 e. The fraction of sp³-hybridized carbons (Fsp3) is 0.455. The Hall–Kier alpha value is -0.780. The number of rotatable bonds is 1. The number of benzene rings is 1. The Morgan fingerprint density at radius 1 is 1.18 bits per heavy atom. The lowest BCUT2D eigenvalue weighted by molar-refractivity contribution is 0.846. The van der Waals surface area contributed by atoms with E-state index in [-0.39, 0.29) is 17.0 Å². The molecule has 0 spiro atoms. The highest BCUT2D eigenvalue weighted by Gasteiger charge is 2.04. The molecular weight excluding hydrogens is 132 g/mol. The summed E-state index contributed by atoms with van der Waals surface area (Å²) in [6.45, 7) is -0.943. The third-order valence-corrected chi connectivity index (χ3v) is 1.68. The molecule has 0 aromatic heterocycles. The topological polar surface area (TPSA) is 0 Å². The zero-order valence-corrected chi connectivity index (χ0v) is 6.81. The van der Waals surface area contributed by atoms with E-state index in [2.05, 4.69) is 0 Å². The third kappa shape index (κ3) is 1.62. The zero-order chi connectivity index (χ0) is 13.4. The molecule has 1 rings (SSSR count). The van der Waals surface area contributed by atoms with Gasteiger partial charge in [0.1, 0.15) is 0 Å². The normalized spacial score (nSPS) is 21.0. The van der Waals surface area contributed by atoms with E-state index in [0.29, 0.717) is 5.56 Å². The first kappa shape index (κ1) is 3.30. The van der Waals surface area contributed by atoms with Crippen LogP contribution in [0.5, 0.6) is 0 Å². The fourth-order valence-corrected chi connectivity index (χ4v) is 1.19. The van der Waals surface area contributed by atoms with E-state index in [9.17, 15) is 0 Å². The molecule has 0 saturated carbocycles. The van der Waals surface area contributed by atoms with Crippen molar-refractivity contribution in [3.8, 4) is 0 Å². The molecule has 1 aromatic carbocycles. The Morgan fingerprint density at radius 3 is 2.09 bits per heavy atom. The summed E-state index contributed by atoms with van der Waals surface area (Å²) in [7, 11) is 0. The van der Waals surface area contributed by atoms with Gasteiger partial charge in [0.05, 0.1) is 0 Å². The van der Waals surface area contributed by atoms with Crippen LogP contribution in [0.4, 0.5) is 0 Å². The number of hydrogen-bond acceptors (Lipinski definition) is 0. The van der Waals surface area contributed by atoms with Crippen LogP contribution in [-0.2, 0) is 0 Å². The minimum atomic E-state index is -2.28. The van der Waals surface area contributed by atoms with Gasteiger partial charge in [0.15, 0.2) is 0 Å². The molecule has 0 atom stereocenters. The molecule has 60 valence electrons. The summed E-state index contributed by atoms with van der Waals surface area (Å²) in [5, 5.41) is 0. The average Bonchev–Trinajstić information content (AvgIpc) is 2.13. The first-order valence-electron chi connectivity index (χ1n) is 6.69. The van der Waals surface area contributed by atoms with Crippen LogP contribution in [0.15, 0.2) is 18.2 Å². The van der Waals surface area contributed by atoms with Crippen LogP contribution >= 0.6 is 0 Å². The summed E-state index contributed by atoms with van der Waals surface area (Å²) < 4.78 is 44.7. The summed E-state index contributed by atoms with van der Waals surface area (Å²) in [5.74, 6) is -0.137. The molecule has 0 N–H and O–H groups in total. The predicted octanol–water partition coefficient (Wildman–Crippen LogP) is 3.43. The zero-order valence-electron chi connectivity index (χ0n) is 12.8. The second-order valence-corrected chi connectivity index (χ2v) is 2.92. The van der Waals surface area contributed by atoms with Crippen molar-refractivity contribution in [2.24, 2.45) is 0 Å². The van der Waals surface area contributed by atoms with Crippen molar-refractivity contribution >= 4 is 0 Å². The Bertz CT molecular complexity index is 367. The number of aryl methyl sites for hydroxylation is 2. The quantitative estimate of drug-likeness (QED) is 0.581. The van der Waals surface area contributed by atoms with Crippen LogP contribution < -0.4 is 0 Å². The van der Waals surface area contributed by atoms with Crippen molar-refractivity contribution < 1.29 is 8.22 Å². The molecule has 0 heterocycles. The predicted molar refractivity (Wildman–Crippen MR) is 50.0 cm³/mol. The molecule has 0 aliphatic heterocycles. The molecule has 0 fully saturated rings. The van der Waals surface area contributed by atoms with Gasteiger partial charge in [0.2, 0.25) is 0 Å². The molecule has 0 saturated heterocycles. The minimum absolute atomic E-state index is 0.137. The first-order valence-corrected chi connectivity index (χ1v) is 3.69. The number of hydrogen-bond donors (Lipinski definition) is 0. The van der Waals surface area contributed by atoms with Crippen molar-refractivity contribution in [2.75, 3.05) is 0 Å². The molecule has 0 aliphatic rings. The molecule has 0 bridgehead atoms. The van der Waals surface area contributed by atoms with Crippen molar-refractivity contribution in [3.63, 3.8) is 0 Å². The van der Waals surface area contributed by atoms with Crippen LogP contribution in [0.25, 0.3) is 0 Å². The van der Waals surface area contributed by atoms with E-state index in [1.54, 1.807) is 13.8 Å². The Labute approximate surface area is 77.7 Å². The van der Waals surface area contributed by atoms with Gasteiger partial charge in [0.25, 0.3) is 0 Å². The van der Waals surface area contributed by atoms with Crippen LogP contribution in [0.3, 0.4) is 0 Å². The van der Waals surface area contributed by atoms with Crippen LogP contribution in [0.1, 0.15) is 44.7 Å². The largest absolute Gasteiger partial charge is 0.0617 e. The van der Waals surface area contributed by atoms with Crippen LogP contribution in [0, 0.1) is 13.7 Å². The lowest BCUT2D eigenvalue weighted by Gasteiger charge is -2.12. The minimum Gasteiger partial charge on any atom is -0.0617 e. The summed E-state index contributed by atoms with van der Waals surface area (Å²) >= 11 is 0. The molecule has 0 radical (unpaired) electrons. The van der Waals surface area contributed by atoms with E-state index in [1.165, 1.54) is 18.2 Å². The lowest BCUT2D eigenvalue weighted by atomic mass is 9.94. The maximum absolute atomic E-state index is 7.46. The molecule has 0 unspecified atom stereocenters. The summed E-state index contributed by atoms with van der Waals surface area (Å²) in [6, 6.07) is 4.46. The second kappa shape index (κ2) is 3.08. The van der Waals surface area contributed by atoms with Gasteiger partial charge in [-0.3, -0.25) is 0 Å². The molecule has 0 amide bonds. The smallest absolute Gasteiger partial charge is 0.0280 e. The fourth-order valence-electron chi connectivity index (χ4n) is 1.19. The van der Waals surface area contributed by atoms with E-state index in [4.69, 9.17) is 8.22 Å². The van der Waals surface area contributed by atoms with Gasteiger partial charge < -0.3 is 0 Å². The summed E-state index contributed by atoms with van der Waals surface area (Å²) in [5.41, 5.74) is 0.703. The molecule has 1 aromatic rings. The van der Waals surface area contributed by atoms with Crippen molar-refractivity contribution in [1.29, 1.82) is 0 Å². The Morgan fingerprint density at radius 2 is 1.73 bits per heavy atom. The third-order valence-electron chi connectivity index (χ3n) is 1.68. The van der Waals surface area contributed by atoms with E-state index in [1.807, 2.05) is 0 Å². The average molecular weight is 154 g/mol. The highest BCUT2D eigenvalue weighted by atomic mass is 14.1. The maximum atomic E-state index is 7.46. The monoisotopic (exact) mass is 154 g/mol. The second-order valence-electron chi connectivity index (χ2n) is 2.92. The van der Waals surface area contributed by atoms with Gasteiger partial charge in [-0.1, -0.05) is 32.0 Å². The van der Waals surface area contributed by atoms with E-state index >= 15 is 0 Å². The molecule has 0 heteroatoms. The standard InChI is InChI=1S/C11H16/c1-8(2)11-9(3)6-5-7-10(11)4/h5-8H,1-4H3/i3D3,4D3. The van der Waals surface area contributed by atoms with Gasteiger partial charge in [-0.05, 0) is 36.3 Å². The van der Waals surface area contributed by atoms with Crippen LogP contribution in [-0.4, -0.2) is 0 Å². The summed E-state index contributed by atoms with van der Waals surface area (Å²) in [4.78, 5) is 0. The van der Waals surface area contributed by atoms with Gasteiger partial charge in [0, 0.05) is 8.22 Å². The molecule has 11 heavy (non-hydrogen) atoms. The highest BCUT2D eigenvalue weighted by Crippen LogP contribution is 2.22. The summed E-state index contributed by atoms with van der Waals surface area (Å²) in [6.07, 6.45) is 0. The Kier molecular flexibility index (Phi) is 0.925. The lowest BCUT2D eigenvalue weighted by Crippen LogP contribution is -1.94. The highest BCUT2D eigenvalue weighted by molar-refractivity contribution is 5.35. The van der Waals surface area contributed by atoms with E-state index in [0.717, 1.165) is 0 Å². The van der Waals surface area contributed by atoms with Gasteiger partial charge in [-0.2, -0.15) is 0 Å². The SMILES string of the molecule is [2H]C([2H])([2H])c1cccc(C([2H])([2H])[2H])c1C(C)C. The van der Waals surface area contributed by atoms with Crippen molar-refractivity contribution in [3.05, 3.63) is 34.9 Å². The molecule has 0 nitrogen and oxygen atoms in total. The van der Waals surface area contributed by atoms with Crippen LogP contribution in [0.2, 0.25) is 0 Å². The molecule has 0 aliphatic carbocycles. The van der Waals surface area contributed by atoms with E-state index < -0.39 is 13.7 Å². The van der Waals surface area contributed by atoms with Gasteiger partial charge >= 0.3 is 0 Å². The first-order chi connectivity index (χ1) is 7.55. The van der Waals surface area contributed by atoms with Gasteiger partial charge in [-0.25, -0.2) is 0 Å². The van der Waals surface area contributed by atoms with Gasteiger partial charge in [-0.15, -0.1) is 0 Å². The Balaban J connectivity index is 3.55. The molecular formula is C11H16. The van der Waals surface area contributed by atoms with Crippen molar-refractivity contribution in [1.82, 2.24) is 0 Å².